The van der Waals surface area contributed by atoms with Gasteiger partial charge in [0.1, 0.15) is 4.90 Å². The maximum absolute atomic E-state index is 12.5. The van der Waals surface area contributed by atoms with Crippen molar-refractivity contribution in [2.24, 2.45) is 5.73 Å². The molecule has 108 valence electrons. The summed E-state index contributed by atoms with van der Waals surface area (Å²) < 4.78 is 27.6. The van der Waals surface area contributed by atoms with Gasteiger partial charge in [0.2, 0.25) is 10.0 Å². The molecule has 0 saturated carbocycles. The average molecular weight is 304 g/mol. The quantitative estimate of drug-likeness (QED) is 0.684. The van der Waals surface area contributed by atoms with Crippen LogP contribution in [-0.4, -0.2) is 29.1 Å². The van der Waals surface area contributed by atoms with E-state index in [9.17, 15) is 8.42 Å². The van der Waals surface area contributed by atoms with Gasteiger partial charge in [-0.1, -0.05) is 26.1 Å². The lowest BCUT2D eigenvalue weighted by atomic mass is 9.94. The Kier molecular flexibility index (Phi) is 4.70. The van der Waals surface area contributed by atoms with Gasteiger partial charge in [0.15, 0.2) is 0 Å². The molecule has 1 heterocycles. The third-order valence-corrected chi connectivity index (χ3v) is 5.53. The summed E-state index contributed by atoms with van der Waals surface area (Å²) in [6.07, 6.45) is 0.988. The molecule has 0 atom stereocenters. The Balaban J connectivity index is 3.27. The molecule has 4 N–H and O–H groups in total. The van der Waals surface area contributed by atoms with Gasteiger partial charge < -0.3 is 5.73 Å². The van der Waals surface area contributed by atoms with Gasteiger partial charge in [-0.25, -0.2) is 8.42 Å². The SMILES string of the molecule is CCC(CC)(NS(=O)(=O)c1c(C)n[nH]c1C)C(N)=S. The molecule has 0 aliphatic rings. The summed E-state index contributed by atoms with van der Waals surface area (Å²) in [4.78, 5) is 0.315. The molecule has 1 aromatic rings. The van der Waals surface area contributed by atoms with Crippen LogP contribution in [0.4, 0.5) is 0 Å². The van der Waals surface area contributed by atoms with Crippen LogP contribution < -0.4 is 10.5 Å². The summed E-state index contributed by atoms with van der Waals surface area (Å²) in [6.45, 7) is 6.99. The van der Waals surface area contributed by atoms with Gasteiger partial charge in [-0.05, 0) is 26.7 Å². The molecule has 0 aliphatic heterocycles. The van der Waals surface area contributed by atoms with Crippen LogP contribution in [0.15, 0.2) is 4.90 Å². The van der Waals surface area contributed by atoms with E-state index in [1.807, 2.05) is 13.8 Å². The molecule has 6 nitrogen and oxygen atoms in total. The Morgan fingerprint density at radius 2 is 1.95 bits per heavy atom. The Morgan fingerprint density at radius 1 is 1.42 bits per heavy atom. The zero-order valence-electron chi connectivity index (χ0n) is 11.6. The molecule has 1 rings (SSSR count). The highest BCUT2D eigenvalue weighted by Crippen LogP contribution is 2.23. The molecule has 0 radical (unpaired) electrons. The van der Waals surface area contributed by atoms with E-state index in [1.54, 1.807) is 13.8 Å². The monoisotopic (exact) mass is 304 g/mol. The normalized spacial score (nSPS) is 12.6. The highest BCUT2D eigenvalue weighted by molar-refractivity contribution is 7.89. The Bertz CT molecular complexity index is 554. The van der Waals surface area contributed by atoms with E-state index in [0.717, 1.165) is 0 Å². The first-order chi connectivity index (χ1) is 8.70. The van der Waals surface area contributed by atoms with Crippen molar-refractivity contribution in [3.8, 4) is 0 Å². The van der Waals surface area contributed by atoms with Crippen LogP contribution in [0.2, 0.25) is 0 Å². The van der Waals surface area contributed by atoms with E-state index in [0.29, 0.717) is 24.2 Å². The number of hydrogen-bond acceptors (Lipinski definition) is 4. The van der Waals surface area contributed by atoms with Gasteiger partial charge in [0.25, 0.3) is 0 Å². The number of H-pyrrole nitrogens is 1. The molecule has 0 aliphatic carbocycles. The average Bonchev–Trinajstić information content (AvgIpc) is 2.66. The molecule has 19 heavy (non-hydrogen) atoms. The molecule has 0 bridgehead atoms. The number of nitrogens with one attached hydrogen (secondary N) is 2. The molecule has 0 unspecified atom stereocenters. The Hall–Kier alpha value is -0.990. The van der Waals surface area contributed by atoms with Crippen LogP contribution in [0.5, 0.6) is 0 Å². The molecule has 0 spiro atoms. The van der Waals surface area contributed by atoms with Crippen molar-refractivity contribution in [3.05, 3.63) is 11.4 Å². The summed E-state index contributed by atoms with van der Waals surface area (Å²) in [7, 11) is -3.72. The highest BCUT2D eigenvalue weighted by Gasteiger charge is 2.36. The number of nitrogens with zero attached hydrogens (tertiary/aromatic N) is 1. The van der Waals surface area contributed by atoms with Crippen LogP contribution in [0.3, 0.4) is 0 Å². The Labute approximate surface area is 119 Å². The summed E-state index contributed by atoms with van der Waals surface area (Å²) in [6, 6.07) is 0. The van der Waals surface area contributed by atoms with Crippen molar-refractivity contribution < 1.29 is 8.42 Å². The maximum atomic E-state index is 12.5. The van der Waals surface area contributed by atoms with Crippen LogP contribution in [0.1, 0.15) is 38.1 Å². The minimum atomic E-state index is -3.72. The second-order valence-corrected chi connectivity index (χ2v) is 6.58. The number of aromatic nitrogens is 2. The molecule has 0 aromatic carbocycles. The number of sulfonamides is 1. The predicted octanol–water partition coefficient (Wildman–Crippen LogP) is 1.15. The fourth-order valence-corrected chi connectivity index (χ4v) is 4.34. The van der Waals surface area contributed by atoms with Crippen LogP contribution >= 0.6 is 12.2 Å². The van der Waals surface area contributed by atoms with Crippen LogP contribution in [-0.2, 0) is 10.0 Å². The minimum Gasteiger partial charge on any atom is -0.392 e. The largest absolute Gasteiger partial charge is 0.392 e. The first-order valence-corrected chi connectivity index (χ1v) is 7.94. The van der Waals surface area contributed by atoms with Gasteiger partial charge in [0, 0.05) is 0 Å². The molecule has 0 saturated heterocycles. The van der Waals surface area contributed by atoms with E-state index >= 15 is 0 Å². The van der Waals surface area contributed by atoms with Crippen molar-refractivity contribution in [1.82, 2.24) is 14.9 Å². The number of thiocarbonyl (C=S) groups is 1. The molecule has 1 aromatic heterocycles. The fraction of sp³-hybridized carbons (Fsp3) is 0.636. The smallest absolute Gasteiger partial charge is 0.245 e. The van der Waals surface area contributed by atoms with Gasteiger partial charge in [-0.3, -0.25) is 5.10 Å². The lowest BCUT2D eigenvalue weighted by Crippen LogP contribution is -2.55. The van der Waals surface area contributed by atoms with Gasteiger partial charge in [-0.15, -0.1) is 0 Å². The number of nitrogens with two attached hydrogens (primary N) is 1. The van der Waals surface area contributed by atoms with E-state index in [-0.39, 0.29) is 9.88 Å². The van der Waals surface area contributed by atoms with Gasteiger partial charge in [-0.2, -0.15) is 9.82 Å². The van der Waals surface area contributed by atoms with Crippen LogP contribution in [0.25, 0.3) is 0 Å². The first-order valence-electron chi connectivity index (χ1n) is 6.05. The minimum absolute atomic E-state index is 0.153. The van der Waals surface area contributed by atoms with Crippen molar-refractivity contribution in [3.63, 3.8) is 0 Å². The van der Waals surface area contributed by atoms with Gasteiger partial charge >= 0.3 is 0 Å². The fourth-order valence-electron chi connectivity index (χ4n) is 2.04. The molecular weight excluding hydrogens is 284 g/mol. The highest BCUT2D eigenvalue weighted by atomic mass is 32.2. The van der Waals surface area contributed by atoms with Crippen molar-refractivity contribution in [1.29, 1.82) is 0 Å². The zero-order chi connectivity index (χ0) is 14.8. The second-order valence-electron chi connectivity index (χ2n) is 4.52. The Morgan fingerprint density at radius 3 is 2.26 bits per heavy atom. The van der Waals surface area contributed by atoms with E-state index < -0.39 is 15.6 Å². The molecule has 0 amide bonds. The zero-order valence-corrected chi connectivity index (χ0v) is 13.2. The number of hydrogen-bond donors (Lipinski definition) is 3. The summed E-state index contributed by atoms with van der Waals surface area (Å²) in [5.74, 6) is 0. The topological polar surface area (TPSA) is 101 Å². The number of aromatic amines is 1. The van der Waals surface area contributed by atoms with Crippen molar-refractivity contribution >= 4 is 27.2 Å². The van der Waals surface area contributed by atoms with Crippen molar-refractivity contribution in [2.45, 2.75) is 51.0 Å². The third-order valence-electron chi connectivity index (χ3n) is 3.34. The lowest BCUT2D eigenvalue weighted by Gasteiger charge is -2.31. The summed E-state index contributed by atoms with van der Waals surface area (Å²) in [5.41, 5.74) is 5.73. The molecule has 0 fully saturated rings. The summed E-state index contributed by atoms with van der Waals surface area (Å²) in [5, 5.41) is 6.56. The van der Waals surface area contributed by atoms with Crippen molar-refractivity contribution in [2.75, 3.05) is 0 Å². The standard InChI is InChI=1S/C11H20N4O2S2/c1-5-11(6-2,10(12)18)15-19(16,17)9-7(3)13-14-8(9)4/h15H,5-6H2,1-4H3,(H2,12,18)(H,13,14). The second kappa shape index (κ2) is 5.56. The van der Waals surface area contributed by atoms with Crippen LogP contribution in [0, 0.1) is 13.8 Å². The maximum Gasteiger partial charge on any atom is 0.245 e. The third kappa shape index (κ3) is 2.96. The van der Waals surface area contributed by atoms with E-state index in [1.165, 1.54) is 0 Å². The van der Waals surface area contributed by atoms with E-state index in [4.69, 9.17) is 18.0 Å². The molecule has 8 heteroatoms. The number of rotatable bonds is 6. The predicted molar refractivity (Wildman–Crippen MR) is 78.5 cm³/mol. The van der Waals surface area contributed by atoms with Gasteiger partial charge in [0.05, 0.1) is 21.9 Å². The first kappa shape index (κ1) is 16.1. The molecular formula is C11H20N4O2S2. The van der Waals surface area contributed by atoms with E-state index in [2.05, 4.69) is 14.9 Å². The lowest BCUT2D eigenvalue weighted by molar-refractivity contribution is 0.465. The summed E-state index contributed by atoms with van der Waals surface area (Å²) >= 11 is 5.02. The number of aryl methyl sites for hydroxylation is 2.